The predicted molar refractivity (Wildman–Crippen MR) is 122 cm³/mol. The van der Waals surface area contributed by atoms with Crippen LogP contribution in [0.25, 0.3) is 21.6 Å². The fourth-order valence-corrected chi connectivity index (χ4v) is 7.18. The monoisotopic (exact) mass is 458 g/mol. The lowest BCUT2D eigenvalue weighted by Crippen LogP contribution is -2.39. The summed E-state index contributed by atoms with van der Waals surface area (Å²) in [6.45, 7) is 5.58. The van der Waals surface area contributed by atoms with Gasteiger partial charge in [0.15, 0.2) is 15.5 Å². The number of sulfone groups is 1. The Morgan fingerprint density at radius 2 is 2.13 bits per heavy atom. The van der Waals surface area contributed by atoms with E-state index in [9.17, 15) is 13.2 Å². The molecule has 0 aliphatic carbocycles. The van der Waals surface area contributed by atoms with Gasteiger partial charge in [0.05, 0.1) is 44.8 Å². The zero-order chi connectivity index (χ0) is 21.8. The fourth-order valence-electron chi connectivity index (χ4n) is 4.80. The highest BCUT2D eigenvalue weighted by atomic mass is 32.2. The Morgan fingerprint density at radius 1 is 1.29 bits per heavy atom. The van der Waals surface area contributed by atoms with Gasteiger partial charge >= 0.3 is 0 Å². The van der Waals surface area contributed by atoms with Crippen molar-refractivity contribution in [2.24, 2.45) is 5.92 Å². The van der Waals surface area contributed by atoms with E-state index in [1.165, 1.54) is 0 Å². The van der Waals surface area contributed by atoms with Crippen LogP contribution >= 0.6 is 11.3 Å². The molecule has 2 atom stereocenters. The van der Waals surface area contributed by atoms with E-state index >= 15 is 0 Å². The van der Waals surface area contributed by atoms with E-state index < -0.39 is 9.84 Å². The van der Waals surface area contributed by atoms with Gasteiger partial charge in [-0.15, -0.1) is 11.3 Å². The number of aromatic nitrogens is 3. The molecule has 1 amide bonds. The molecule has 0 radical (unpaired) electrons. The number of carbonyl (C=O) groups is 1. The number of fused-ring (bicyclic) bond motifs is 1. The molecule has 5 heterocycles. The number of hydrogen-bond donors (Lipinski definition) is 0. The van der Waals surface area contributed by atoms with Crippen molar-refractivity contribution in [2.45, 2.75) is 39.2 Å². The first kappa shape index (κ1) is 20.6. The summed E-state index contributed by atoms with van der Waals surface area (Å²) >= 11 is 1.57. The smallest absolute Gasteiger partial charge is 0.254 e. The Morgan fingerprint density at radius 3 is 2.81 bits per heavy atom. The van der Waals surface area contributed by atoms with Gasteiger partial charge in [0.25, 0.3) is 5.91 Å². The molecule has 2 saturated heterocycles. The maximum atomic E-state index is 13.6. The Hall–Kier alpha value is -2.26. The molecule has 164 valence electrons. The van der Waals surface area contributed by atoms with Gasteiger partial charge < -0.3 is 4.90 Å². The first-order chi connectivity index (χ1) is 14.8. The molecule has 0 bridgehead atoms. The van der Waals surface area contributed by atoms with Crippen molar-refractivity contribution in [3.8, 4) is 10.6 Å². The average Bonchev–Trinajstić information content (AvgIpc) is 3.46. The molecule has 2 aliphatic heterocycles. The summed E-state index contributed by atoms with van der Waals surface area (Å²) in [6, 6.07) is 5.60. The fraction of sp³-hybridized carbons (Fsp3) is 0.500. The largest absolute Gasteiger partial charge is 0.338 e. The number of aryl methyl sites for hydroxylation is 1. The Labute approximate surface area is 186 Å². The molecule has 0 unspecified atom stereocenters. The van der Waals surface area contributed by atoms with Gasteiger partial charge in [-0.1, -0.05) is 13.0 Å². The third-order valence-corrected chi connectivity index (χ3v) is 8.98. The maximum Gasteiger partial charge on any atom is 0.254 e. The van der Waals surface area contributed by atoms with Gasteiger partial charge in [0.1, 0.15) is 0 Å². The zero-order valence-corrected chi connectivity index (χ0v) is 19.4. The van der Waals surface area contributed by atoms with E-state index in [1.807, 2.05) is 35.4 Å². The van der Waals surface area contributed by atoms with Crippen molar-refractivity contribution in [1.82, 2.24) is 19.7 Å². The Bertz CT molecular complexity index is 1250. The van der Waals surface area contributed by atoms with Crippen LogP contribution in [0, 0.1) is 12.8 Å². The molecule has 2 aliphatic rings. The lowest BCUT2D eigenvalue weighted by Gasteiger charge is -2.31. The first-order valence-corrected chi connectivity index (χ1v) is 13.5. The molecule has 0 aromatic carbocycles. The summed E-state index contributed by atoms with van der Waals surface area (Å²) in [5.41, 5.74) is 2.68. The van der Waals surface area contributed by atoms with Crippen molar-refractivity contribution in [3.05, 3.63) is 34.8 Å². The van der Waals surface area contributed by atoms with E-state index in [0.29, 0.717) is 23.5 Å². The molecule has 2 fully saturated rings. The van der Waals surface area contributed by atoms with Gasteiger partial charge in [-0.05, 0) is 49.6 Å². The summed E-state index contributed by atoms with van der Waals surface area (Å²) in [5.74, 6) is 0.735. The van der Waals surface area contributed by atoms with Crippen LogP contribution in [-0.4, -0.2) is 58.6 Å². The highest BCUT2D eigenvalue weighted by molar-refractivity contribution is 7.91. The normalized spacial score (nSPS) is 23.5. The van der Waals surface area contributed by atoms with Gasteiger partial charge in [-0.3, -0.25) is 4.79 Å². The molecular formula is C22H26N4O3S2. The second-order valence-electron chi connectivity index (χ2n) is 8.82. The highest BCUT2D eigenvalue weighted by Gasteiger charge is 2.33. The van der Waals surface area contributed by atoms with Crippen LogP contribution in [0.1, 0.15) is 48.3 Å². The van der Waals surface area contributed by atoms with Crippen LogP contribution in [0.2, 0.25) is 0 Å². The minimum absolute atomic E-state index is 0.0125. The topological polar surface area (TPSA) is 85.2 Å². The predicted octanol–water partition coefficient (Wildman–Crippen LogP) is 3.70. The maximum absolute atomic E-state index is 13.6. The second kappa shape index (κ2) is 7.70. The number of hydrogen-bond acceptors (Lipinski definition) is 6. The van der Waals surface area contributed by atoms with E-state index in [1.54, 1.807) is 16.0 Å². The van der Waals surface area contributed by atoms with E-state index in [0.717, 1.165) is 47.6 Å². The number of piperidine rings is 1. The molecule has 5 rings (SSSR count). The third kappa shape index (κ3) is 3.78. The molecule has 3 aromatic heterocycles. The third-order valence-electron chi connectivity index (χ3n) is 6.34. The van der Waals surface area contributed by atoms with Gasteiger partial charge in [-0.2, -0.15) is 5.10 Å². The molecule has 31 heavy (non-hydrogen) atoms. The van der Waals surface area contributed by atoms with Crippen LogP contribution < -0.4 is 0 Å². The molecule has 0 saturated carbocycles. The lowest BCUT2D eigenvalue weighted by molar-refractivity contribution is 0.0685. The summed E-state index contributed by atoms with van der Waals surface area (Å²) in [5, 5.41) is 7.42. The minimum Gasteiger partial charge on any atom is -0.338 e. The zero-order valence-electron chi connectivity index (χ0n) is 17.7. The number of rotatable bonds is 3. The number of nitrogens with zero attached hydrogens (tertiary/aromatic N) is 4. The van der Waals surface area contributed by atoms with Crippen LogP contribution in [-0.2, 0) is 9.84 Å². The minimum atomic E-state index is -3.07. The Balaban J connectivity index is 1.68. The summed E-state index contributed by atoms with van der Waals surface area (Å²) in [6.07, 6.45) is 2.68. The number of thiophene rings is 1. The van der Waals surface area contributed by atoms with Gasteiger partial charge in [0.2, 0.25) is 0 Å². The first-order valence-electron chi connectivity index (χ1n) is 10.8. The van der Waals surface area contributed by atoms with Crippen LogP contribution in [0.4, 0.5) is 0 Å². The quantitative estimate of drug-likeness (QED) is 0.597. The van der Waals surface area contributed by atoms with Crippen LogP contribution in [0.3, 0.4) is 0 Å². The van der Waals surface area contributed by atoms with Crippen molar-refractivity contribution >= 4 is 38.1 Å². The molecular weight excluding hydrogens is 432 g/mol. The second-order valence-corrected chi connectivity index (χ2v) is 12.0. The molecule has 3 aromatic rings. The van der Waals surface area contributed by atoms with Gasteiger partial charge in [0, 0.05) is 13.1 Å². The number of pyridine rings is 1. The molecule has 0 spiro atoms. The Kier molecular flexibility index (Phi) is 5.13. The van der Waals surface area contributed by atoms with Crippen LogP contribution in [0.5, 0.6) is 0 Å². The van der Waals surface area contributed by atoms with Gasteiger partial charge in [-0.25, -0.2) is 18.1 Å². The average molecular weight is 459 g/mol. The molecule has 0 N–H and O–H groups in total. The number of carbonyl (C=O) groups excluding carboxylic acids is 1. The summed E-state index contributed by atoms with van der Waals surface area (Å²) in [7, 11) is -3.07. The lowest BCUT2D eigenvalue weighted by atomic mass is 9.98. The summed E-state index contributed by atoms with van der Waals surface area (Å²) in [4.78, 5) is 21.4. The summed E-state index contributed by atoms with van der Waals surface area (Å²) < 4.78 is 26.0. The highest BCUT2D eigenvalue weighted by Crippen LogP contribution is 2.34. The van der Waals surface area contributed by atoms with E-state index in [-0.39, 0.29) is 23.5 Å². The van der Waals surface area contributed by atoms with Crippen LogP contribution in [0.15, 0.2) is 23.6 Å². The van der Waals surface area contributed by atoms with E-state index in [4.69, 9.17) is 4.98 Å². The SMILES string of the molecule is Cc1nn([C@H]2CCS(=O)(=O)C2)c2nc(-c3cccs3)cc(C(=O)N3CCC[C@H](C)C3)c12. The number of amides is 1. The van der Waals surface area contributed by atoms with Crippen molar-refractivity contribution in [3.63, 3.8) is 0 Å². The molecule has 9 heteroatoms. The van der Waals surface area contributed by atoms with E-state index in [2.05, 4.69) is 12.0 Å². The molecule has 7 nitrogen and oxygen atoms in total. The number of likely N-dealkylation sites (tertiary alicyclic amines) is 1. The van der Waals surface area contributed by atoms with Crippen molar-refractivity contribution in [1.29, 1.82) is 0 Å². The van der Waals surface area contributed by atoms with Crippen molar-refractivity contribution in [2.75, 3.05) is 24.6 Å². The van der Waals surface area contributed by atoms with Crippen molar-refractivity contribution < 1.29 is 13.2 Å². The standard InChI is InChI=1S/C22H26N4O3S2/c1-14-5-3-8-25(12-14)22(27)17-11-18(19-6-4-9-30-19)23-21-20(17)15(2)24-26(21)16-7-10-31(28,29)13-16/h4,6,9,11,14,16H,3,5,7-8,10,12-13H2,1-2H3/t14-,16-/m0/s1.